The van der Waals surface area contributed by atoms with E-state index in [-0.39, 0.29) is 11.5 Å². The highest BCUT2D eigenvalue weighted by molar-refractivity contribution is 7.89. The van der Waals surface area contributed by atoms with E-state index < -0.39 is 10.0 Å². The van der Waals surface area contributed by atoms with Crippen molar-refractivity contribution in [3.8, 4) is 0 Å². The van der Waals surface area contributed by atoms with Crippen LogP contribution in [0.4, 0.5) is 5.82 Å². The van der Waals surface area contributed by atoms with Gasteiger partial charge in [0.15, 0.2) is 0 Å². The Labute approximate surface area is 113 Å². The number of pyridine rings is 1. The summed E-state index contributed by atoms with van der Waals surface area (Å²) in [5.74, 6) is 0.716. The number of aromatic nitrogens is 1. The molecule has 19 heavy (non-hydrogen) atoms. The van der Waals surface area contributed by atoms with Crippen molar-refractivity contribution in [3.63, 3.8) is 0 Å². The first-order chi connectivity index (χ1) is 9.08. The molecule has 0 radical (unpaired) electrons. The van der Waals surface area contributed by atoms with E-state index in [1.807, 2.05) is 4.90 Å². The van der Waals surface area contributed by atoms with Crippen LogP contribution in [0.1, 0.15) is 19.3 Å². The first-order valence-corrected chi connectivity index (χ1v) is 7.84. The third kappa shape index (κ3) is 3.05. The van der Waals surface area contributed by atoms with E-state index in [1.54, 1.807) is 6.07 Å². The SMILES string of the molecule is CNS(=O)(=O)c1ccc(N(CCO)C2CCC2)nc1. The fourth-order valence-electron chi connectivity index (χ4n) is 2.11. The van der Waals surface area contributed by atoms with Gasteiger partial charge in [-0.15, -0.1) is 0 Å². The topological polar surface area (TPSA) is 82.5 Å². The number of aliphatic hydroxyl groups is 1. The summed E-state index contributed by atoms with van der Waals surface area (Å²) in [7, 11) is -2.07. The number of anilines is 1. The van der Waals surface area contributed by atoms with Crippen molar-refractivity contribution in [1.82, 2.24) is 9.71 Å². The molecular formula is C12H19N3O3S. The summed E-state index contributed by atoms with van der Waals surface area (Å²) in [5, 5.41) is 9.11. The standard InChI is InChI=1S/C12H19N3O3S/c1-13-19(17,18)11-5-6-12(14-9-11)15(7-8-16)10-3-2-4-10/h5-6,9-10,13,16H,2-4,7-8H2,1H3. The lowest BCUT2D eigenvalue weighted by Crippen LogP contribution is -2.42. The van der Waals surface area contributed by atoms with Crippen molar-refractivity contribution in [3.05, 3.63) is 18.3 Å². The molecule has 1 heterocycles. The van der Waals surface area contributed by atoms with E-state index in [0.29, 0.717) is 18.4 Å². The van der Waals surface area contributed by atoms with Crippen molar-refractivity contribution >= 4 is 15.8 Å². The molecule has 0 saturated heterocycles. The second-order valence-electron chi connectivity index (χ2n) is 4.56. The lowest BCUT2D eigenvalue weighted by Gasteiger charge is -2.38. The van der Waals surface area contributed by atoms with Crippen LogP contribution in [0, 0.1) is 0 Å². The summed E-state index contributed by atoms with van der Waals surface area (Å²) in [4.78, 5) is 6.40. The normalized spacial score (nSPS) is 16.1. The molecule has 0 bridgehead atoms. The molecule has 106 valence electrons. The van der Waals surface area contributed by atoms with Gasteiger partial charge in [0, 0.05) is 18.8 Å². The molecule has 0 unspecified atom stereocenters. The largest absolute Gasteiger partial charge is 0.395 e. The first kappa shape index (κ1) is 14.2. The molecule has 0 aliphatic heterocycles. The summed E-state index contributed by atoms with van der Waals surface area (Å²) < 4.78 is 25.5. The molecule has 2 N–H and O–H groups in total. The van der Waals surface area contributed by atoms with Crippen LogP contribution in [0.3, 0.4) is 0 Å². The zero-order chi connectivity index (χ0) is 13.9. The van der Waals surface area contributed by atoms with Crippen LogP contribution in [0.15, 0.2) is 23.2 Å². The van der Waals surface area contributed by atoms with Crippen LogP contribution in [0.5, 0.6) is 0 Å². The minimum Gasteiger partial charge on any atom is -0.395 e. The summed E-state index contributed by atoms with van der Waals surface area (Å²) in [6.45, 7) is 0.588. The zero-order valence-corrected chi connectivity index (χ0v) is 11.7. The van der Waals surface area contributed by atoms with E-state index in [9.17, 15) is 8.42 Å². The van der Waals surface area contributed by atoms with E-state index in [4.69, 9.17) is 5.11 Å². The Bertz CT molecular complexity index is 512. The molecule has 0 spiro atoms. The van der Waals surface area contributed by atoms with Gasteiger partial charge in [-0.1, -0.05) is 0 Å². The van der Waals surface area contributed by atoms with Gasteiger partial charge in [-0.2, -0.15) is 0 Å². The number of rotatable bonds is 6. The minimum atomic E-state index is -3.45. The monoisotopic (exact) mass is 285 g/mol. The molecule has 0 aromatic carbocycles. The first-order valence-electron chi connectivity index (χ1n) is 6.35. The van der Waals surface area contributed by atoms with Gasteiger partial charge in [-0.05, 0) is 38.4 Å². The maximum Gasteiger partial charge on any atom is 0.241 e. The van der Waals surface area contributed by atoms with Gasteiger partial charge in [0.1, 0.15) is 10.7 Å². The second kappa shape index (κ2) is 5.85. The fraction of sp³-hybridized carbons (Fsp3) is 0.583. The lowest BCUT2D eigenvalue weighted by atomic mass is 9.91. The molecule has 1 aromatic heterocycles. The molecule has 7 heteroatoms. The molecule has 1 fully saturated rings. The molecule has 0 amide bonds. The third-order valence-electron chi connectivity index (χ3n) is 3.45. The number of hydrogen-bond acceptors (Lipinski definition) is 5. The van der Waals surface area contributed by atoms with Crippen molar-refractivity contribution in [2.75, 3.05) is 25.1 Å². The molecule has 1 aliphatic carbocycles. The van der Waals surface area contributed by atoms with Crippen LogP contribution in [0.25, 0.3) is 0 Å². The molecule has 6 nitrogen and oxygen atoms in total. The predicted molar refractivity (Wildman–Crippen MR) is 72.6 cm³/mol. The van der Waals surface area contributed by atoms with Gasteiger partial charge in [-0.3, -0.25) is 0 Å². The number of nitrogens with one attached hydrogen (secondary N) is 1. The molecule has 0 atom stereocenters. The molecule has 1 saturated carbocycles. The zero-order valence-electron chi connectivity index (χ0n) is 10.9. The maximum atomic E-state index is 11.6. The Morgan fingerprint density at radius 1 is 1.47 bits per heavy atom. The maximum absolute atomic E-state index is 11.6. The Hall–Kier alpha value is -1.18. The van der Waals surface area contributed by atoms with E-state index in [2.05, 4.69) is 9.71 Å². The summed E-state index contributed by atoms with van der Waals surface area (Å²) in [6.07, 6.45) is 4.74. The van der Waals surface area contributed by atoms with Crippen LogP contribution >= 0.6 is 0 Å². The van der Waals surface area contributed by atoms with Gasteiger partial charge < -0.3 is 10.0 Å². The van der Waals surface area contributed by atoms with Crippen LogP contribution < -0.4 is 9.62 Å². The highest BCUT2D eigenvalue weighted by Crippen LogP contribution is 2.28. The van der Waals surface area contributed by atoms with E-state index in [0.717, 1.165) is 12.8 Å². The number of nitrogens with zero attached hydrogens (tertiary/aromatic N) is 2. The van der Waals surface area contributed by atoms with Crippen LogP contribution in [-0.4, -0.2) is 44.7 Å². The fourth-order valence-corrected chi connectivity index (χ4v) is 2.78. The van der Waals surface area contributed by atoms with Crippen molar-refractivity contribution in [2.24, 2.45) is 0 Å². The predicted octanol–water partition coefficient (Wildman–Crippen LogP) is 0.341. The summed E-state index contributed by atoms with van der Waals surface area (Å²) in [5.41, 5.74) is 0. The average molecular weight is 285 g/mol. The van der Waals surface area contributed by atoms with Gasteiger partial charge in [0.2, 0.25) is 10.0 Å². The molecule has 2 rings (SSSR count). The lowest BCUT2D eigenvalue weighted by molar-refractivity contribution is 0.283. The Morgan fingerprint density at radius 2 is 2.21 bits per heavy atom. The molecule has 1 aliphatic rings. The third-order valence-corrected chi connectivity index (χ3v) is 4.85. The van der Waals surface area contributed by atoms with Crippen molar-refractivity contribution < 1.29 is 13.5 Å². The molecule has 1 aromatic rings. The summed E-state index contributed by atoms with van der Waals surface area (Å²) >= 11 is 0. The smallest absolute Gasteiger partial charge is 0.241 e. The summed E-state index contributed by atoms with van der Waals surface area (Å²) in [6, 6.07) is 3.64. The quantitative estimate of drug-likeness (QED) is 0.787. The highest BCUT2D eigenvalue weighted by atomic mass is 32.2. The second-order valence-corrected chi connectivity index (χ2v) is 6.45. The number of hydrogen-bond donors (Lipinski definition) is 2. The average Bonchev–Trinajstić information content (AvgIpc) is 2.36. The van der Waals surface area contributed by atoms with Gasteiger partial charge >= 0.3 is 0 Å². The molecular weight excluding hydrogens is 266 g/mol. The van der Waals surface area contributed by atoms with Gasteiger partial charge in [-0.25, -0.2) is 18.1 Å². The number of aliphatic hydroxyl groups excluding tert-OH is 1. The highest BCUT2D eigenvalue weighted by Gasteiger charge is 2.25. The minimum absolute atomic E-state index is 0.0642. The number of sulfonamides is 1. The van der Waals surface area contributed by atoms with Crippen LogP contribution in [0.2, 0.25) is 0 Å². The van der Waals surface area contributed by atoms with E-state index >= 15 is 0 Å². The van der Waals surface area contributed by atoms with Gasteiger partial charge in [0.05, 0.1) is 6.61 Å². The Kier molecular flexibility index (Phi) is 4.38. The Balaban J connectivity index is 2.20. The Morgan fingerprint density at radius 3 is 2.63 bits per heavy atom. The van der Waals surface area contributed by atoms with Crippen LogP contribution in [-0.2, 0) is 10.0 Å². The van der Waals surface area contributed by atoms with Crippen molar-refractivity contribution in [1.29, 1.82) is 0 Å². The van der Waals surface area contributed by atoms with Crippen molar-refractivity contribution in [2.45, 2.75) is 30.2 Å². The van der Waals surface area contributed by atoms with E-state index in [1.165, 1.54) is 25.7 Å². The van der Waals surface area contributed by atoms with Gasteiger partial charge in [0.25, 0.3) is 0 Å².